The van der Waals surface area contributed by atoms with E-state index in [2.05, 4.69) is 0 Å². The van der Waals surface area contributed by atoms with Gasteiger partial charge in [0.2, 0.25) is 0 Å². The van der Waals surface area contributed by atoms with Gasteiger partial charge in [-0.2, -0.15) is 22.0 Å². The number of ether oxygens (including phenoxy) is 1. The Morgan fingerprint density at radius 1 is 1.08 bits per heavy atom. The number of alkyl carbamates (subject to hydrolysis) is 1. The summed E-state index contributed by atoms with van der Waals surface area (Å²) in [4.78, 5) is 23.0. The van der Waals surface area contributed by atoms with E-state index in [1.807, 2.05) is 5.32 Å². The minimum atomic E-state index is -4.89. The highest BCUT2D eigenvalue weighted by Crippen LogP contribution is 2.25. The van der Waals surface area contributed by atoms with E-state index in [4.69, 9.17) is 4.74 Å². The molecule has 0 aromatic heterocycles. The summed E-state index contributed by atoms with van der Waals surface area (Å²) < 4.78 is 68.9. The predicted octanol–water partition coefficient (Wildman–Crippen LogP) is 2.21. The molecule has 148 valence electrons. The van der Waals surface area contributed by atoms with Gasteiger partial charge in [0.15, 0.2) is 0 Å². The molecular weight excluding hydrogens is 355 g/mol. The zero-order valence-corrected chi connectivity index (χ0v) is 14.5. The third-order valence-corrected chi connectivity index (χ3v) is 2.87. The quantitative estimate of drug-likeness (QED) is 0.619. The number of carbonyl (C=O) groups is 2. The first-order valence-corrected chi connectivity index (χ1v) is 7.38. The van der Waals surface area contributed by atoms with Gasteiger partial charge in [-0.15, -0.1) is 0 Å². The average molecular weight is 378 g/mol. The summed E-state index contributed by atoms with van der Waals surface area (Å²) >= 11 is 0. The van der Waals surface area contributed by atoms with Crippen LogP contribution in [0.2, 0.25) is 0 Å². The van der Waals surface area contributed by atoms with Gasteiger partial charge in [0.05, 0.1) is 6.04 Å². The van der Waals surface area contributed by atoms with Crippen molar-refractivity contribution in [3.63, 3.8) is 0 Å². The van der Waals surface area contributed by atoms with Crippen molar-refractivity contribution in [2.45, 2.75) is 64.5 Å². The maximum Gasteiger partial charge on any atom is 0.407 e. The van der Waals surface area contributed by atoms with Crippen LogP contribution in [0.5, 0.6) is 0 Å². The standard InChI is InChI=1S/C14H23F5N2O4/c1-7(2)8(21-11(24)25-12(3,4)5)9(22)14(18,19)10(23)20-6-13(15,16)17/h7-9,22H,6H2,1-5H3,(H,20,23)(H,21,24)/t8-,9+/m0/s1. The summed E-state index contributed by atoms with van der Waals surface area (Å²) in [6, 6.07) is -1.64. The lowest BCUT2D eigenvalue weighted by molar-refractivity contribution is -0.174. The lowest BCUT2D eigenvalue weighted by atomic mass is 9.94. The van der Waals surface area contributed by atoms with Gasteiger partial charge in [0.25, 0.3) is 5.91 Å². The van der Waals surface area contributed by atoms with E-state index in [9.17, 15) is 36.6 Å². The molecule has 0 unspecified atom stereocenters. The molecule has 0 heterocycles. The number of hydrogen-bond acceptors (Lipinski definition) is 4. The van der Waals surface area contributed by atoms with Crippen LogP contribution in [-0.2, 0) is 9.53 Å². The van der Waals surface area contributed by atoms with E-state index in [0.717, 1.165) is 5.32 Å². The molecule has 0 aliphatic rings. The number of alkyl halides is 5. The second-order valence-corrected chi connectivity index (χ2v) is 6.78. The SMILES string of the molecule is CC(C)[C@H](NC(=O)OC(C)(C)C)[C@@H](O)C(F)(F)C(=O)NCC(F)(F)F. The van der Waals surface area contributed by atoms with Crippen LogP contribution in [0.4, 0.5) is 26.7 Å². The first kappa shape index (κ1) is 23.4. The number of amides is 2. The highest BCUT2D eigenvalue weighted by atomic mass is 19.4. The van der Waals surface area contributed by atoms with E-state index in [-0.39, 0.29) is 0 Å². The van der Waals surface area contributed by atoms with Crippen molar-refractivity contribution in [1.29, 1.82) is 0 Å². The Morgan fingerprint density at radius 2 is 1.56 bits per heavy atom. The molecule has 0 bridgehead atoms. The third kappa shape index (κ3) is 8.32. The zero-order chi connectivity index (χ0) is 20.2. The molecule has 0 radical (unpaired) electrons. The molecule has 11 heteroatoms. The summed E-state index contributed by atoms with van der Waals surface area (Å²) in [5, 5.41) is 12.8. The monoisotopic (exact) mass is 378 g/mol. The molecular formula is C14H23F5N2O4. The van der Waals surface area contributed by atoms with Gasteiger partial charge in [0.1, 0.15) is 18.2 Å². The molecule has 0 rings (SSSR count). The topological polar surface area (TPSA) is 87.7 Å². The Hall–Kier alpha value is -1.65. The molecule has 25 heavy (non-hydrogen) atoms. The van der Waals surface area contributed by atoms with E-state index >= 15 is 0 Å². The van der Waals surface area contributed by atoms with Crippen LogP contribution in [0, 0.1) is 5.92 Å². The van der Waals surface area contributed by atoms with Crippen molar-refractivity contribution < 1.29 is 41.4 Å². The fourth-order valence-corrected chi connectivity index (χ4v) is 1.71. The smallest absolute Gasteiger partial charge is 0.407 e. The first-order chi connectivity index (χ1) is 11.0. The lowest BCUT2D eigenvalue weighted by Gasteiger charge is -2.32. The Kier molecular flexibility index (Phi) is 7.61. The van der Waals surface area contributed by atoms with Crippen LogP contribution in [0.15, 0.2) is 0 Å². The molecule has 0 spiro atoms. The van der Waals surface area contributed by atoms with Crippen molar-refractivity contribution in [3.8, 4) is 0 Å². The number of halogens is 5. The van der Waals surface area contributed by atoms with Gasteiger partial charge < -0.3 is 20.5 Å². The highest BCUT2D eigenvalue weighted by molar-refractivity contribution is 5.84. The fraction of sp³-hybridized carbons (Fsp3) is 0.857. The number of aliphatic hydroxyl groups excluding tert-OH is 1. The van der Waals surface area contributed by atoms with Gasteiger partial charge in [-0.05, 0) is 26.7 Å². The minimum absolute atomic E-state index is 0.774. The Balaban J connectivity index is 5.14. The molecule has 0 aromatic rings. The number of carbonyl (C=O) groups excluding carboxylic acids is 2. The van der Waals surface area contributed by atoms with Crippen molar-refractivity contribution >= 4 is 12.0 Å². The van der Waals surface area contributed by atoms with Crippen LogP contribution in [0.1, 0.15) is 34.6 Å². The van der Waals surface area contributed by atoms with Crippen molar-refractivity contribution in [1.82, 2.24) is 10.6 Å². The number of aliphatic hydroxyl groups is 1. The molecule has 2 atom stereocenters. The van der Waals surface area contributed by atoms with Crippen LogP contribution >= 0.6 is 0 Å². The van der Waals surface area contributed by atoms with Crippen molar-refractivity contribution in [3.05, 3.63) is 0 Å². The van der Waals surface area contributed by atoms with Crippen LogP contribution in [0.3, 0.4) is 0 Å². The Morgan fingerprint density at radius 3 is 1.92 bits per heavy atom. The highest BCUT2D eigenvalue weighted by Gasteiger charge is 2.52. The number of hydrogen-bond donors (Lipinski definition) is 3. The third-order valence-electron chi connectivity index (χ3n) is 2.87. The maximum absolute atomic E-state index is 14.0. The normalized spacial score (nSPS) is 15.5. The number of nitrogens with one attached hydrogen (secondary N) is 2. The van der Waals surface area contributed by atoms with Gasteiger partial charge in [0, 0.05) is 0 Å². The lowest BCUT2D eigenvalue weighted by Crippen LogP contribution is -2.60. The van der Waals surface area contributed by atoms with E-state index in [1.165, 1.54) is 34.6 Å². The molecule has 0 saturated carbocycles. The molecule has 0 aliphatic heterocycles. The largest absolute Gasteiger partial charge is 0.444 e. The molecule has 0 fully saturated rings. The molecule has 0 saturated heterocycles. The number of rotatable bonds is 6. The first-order valence-electron chi connectivity index (χ1n) is 7.38. The average Bonchev–Trinajstić information content (AvgIpc) is 2.38. The zero-order valence-electron chi connectivity index (χ0n) is 14.5. The maximum atomic E-state index is 14.0. The molecule has 3 N–H and O–H groups in total. The second-order valence-electron chi connectivity index (χ2n) is 6.78. The van der Waals surface area contributed by atoms with Gasteiger partial charge >= 0.3 is 18.2 Å². The van der Waals surface area contributed by atoms with Gasteiger partial charge in [-0.3, -0.25) is 4.79 Å². The Labute approximate surface area is 142 Å². The fourth-order valence-electron chi connectivity index (χ4n) is 1.71. The van der Waals surface area contributed by atoms with Crippen LogP contribution in [0.25, 0.3) is 0 Å². The van der Waals surface area contributed by atoms with Crippen LogP contribution < -0.4 is 10.6 Å². The van der Waals surface area contributed by atoms with Crippen LogP contribution in [-0.4, -0.2) is 53.5 Å². The summed E-state index contributed by atoms with van der Waals surface area (Å²) in [5.41, 5.74) is -0.941. The second kappa shape index (κ2) is 8.15. The molecule has 0 aromatic carbocycles. The molecule has 6 nitrogen and oxygen atoms in total. The van der Waals surface area contributed by atoms with E-state index < -0.39 is 54.3 Å². The Bertz CT molecular complexity index is 475. The summed E-state index contributed by atoms with van der Waals surface area (Å²) in [6.45, 7) is 5.33. The summed E-state index contributed by atoms with van der Waals surface area (Å²) in [6.07, 6.45) is -8.76. The molecule has 2 amide bonds. The molecule has 0 aliphatic carbocycles. The van der Waals surface area contributed by atoms with Gasteiger partial charge in [-0.25, -0.2) is 4.79 Å². The predicted molar refractivity (Wildman–Crippen MR) is 78.0 cm³/mol. The van der Waals surface area contributed by atoms with Crippen molar-refractivity contribution in [2.75, 3.05) is 6.54 Å². The minimum Gasteiger partial charge on any atom is -0.444 e. The summed E-state index contributed by atoms with van der Waals surface area (Å²) in [7, 11) is 0. The van der Waals surface area contributed by atoms with Gasteiger partial charge in [-0.1, -0.05) is 13.8 Å². The van der Waals surface area contributed by atoms with E-state index in [0.29, 0.717) is 0 Å². The summed E-state index contributed by atoms with van der Waals surface area (Å²) in [5.74, 6) is -7.63. The van der Waals surface area contributed by atoms with E-state index in [1.54, 1.807) is 0 Å². The van der Waals surface area contributed by atoms with Crippen molar-refractivity contribution in [2.24, 2.45) is 5.92 Å².